The number of hydrogen-bond acceptors (Lipinski definition) is 8. The van der Waals surface area contributed by atoms with Crippen molar-refractivity contribution in [3.63, 3.8) is 0 Å². The van der Waals surface area contributed by atoms with Crippen LogP contribution in [-0.2, 0) is 26.4 Å². The van der Waals surface area contributed by atoms with Crippen LogP contribution >= 0.6 is 11.3 Å². The number of Topliss-reactive ketones (excluding diaryl/α,β-unsaturated/α-hetero) is 1. The maximum atomic E-state index is 14.4. The number of benzene rings is 1. The van der Waals surface area contributed by atoms with Crippen LogP contribution in [0.5, 0.6) is 0 Å². The van der Waals surface area contributed by atoms with E-state index in [0.717, 1.165) is 10.1 Å². The fourth-order valence-electron chi connectivity index (χ4n) is 4.88. The Balaban J connectivity index is 2.01. The van der Waals surface area contributed by atoms with E-state index in [1.807, 2.05) is 20.8 Å². The Morgan fingerprint density at radius 2 is 1.80 bits per heavy atom. The van der Waals surface area contributed by atoms with Gasteiger partial charge < -0.3 is 9.47 Å². The number of nitrogens with zero attached hydrogens (tertiary/aromatic N) is 5. The van der Waals surface area contributed by atoms with E-state index in [2.05, 4.69) is 10.2 Å². The van der Waals surface area contributed by atoms with E-state index < -0.39 is 28.7 Å². The molecule has 0 aliphatic rings. The summed E-state index contributed by atoms with van der Waals surface area (Å²) in [6.45, 7) is 11.1. The molecule has 0 saturated carbocycles. The number of methoxy groups -OCH3 is 1. The second kappa shape index (κ2) is 12.2. The summed E-state index contributed by atoms with van der Waals surface area (Å²) in [6.07, 6.45) is 2.49. The number of halogens is 1. The minimum atomic E-state index is -1.42. The van der Waals surface area contributed by atoms with Gasteiger partial charge in [0.1, 0.15) is 27.3 Å². The molecule has 0 N–H and O–H groups in total. The minimum Gasteiger partial charge on any atom is -0.382 e. The third kappa shape index (κ3) is 5.95. The fourth-order valence-corrected chi connectivity index (χ4v) is 6.10. The summed E-state index contributed by atoms with van der Waals surface area (Å²) in [5.74, 6) is -0.625. The molecule has 0 radical (unpaired) electrons. The largest absolute Gasteiger partial charge is 0.382 e. The summed E-state index contributed by atoms with van der Waals surface area (Å²) in [6, 6.07) is 4.41. The molecule has 0 saturated heterocycles. The summed E-state index contributed by atoms with van der Waals surface area (Å²) in [5, 5.41) is 9.30. The predicted octanol–water partition coefficient (Wildman–Crippen LogP) is 4.32. The highest BCUT2D eigenvalue weighted by Crippen LogP contribution is 2.33. The summed E-state index contributed by atoms with van der Waals surface area (Å²) in [4.78, 5) is 43.5. The number of aryl methyl sites for hydroxylation is 2. The van der Waals surface area contributed by atoms with Crippen LogP contribution in [0.25, 0.3) is 15.2 Å². The Hall–Kier alpha value is -3.48. The first-order valence-corrected chi connectivity index (χ1v) is 14.3. The zero-order chi connectivity index (χ0) is 30.1. The molecule has 3 aromatic heterocycles. The van der Waals surface area contributed by atoms with Crippen LogP contribution in [0.2, 0.25) is 0 Å². The van der Waals surface area contributed by atoms with Crippen molar-refractivity contribution in [2.45, 2.75) is 66.2 Å². The monoisotopic (exact) mass is 585 g/mol. The van der Waals surface area contributed by atoms with Crippen LogP contribution in [0.15, 0.2) is 40.2 Å². The van der Waals surface area contributed by atoms with Crippen LogP contribution < -0.4 is 11.2 Å². The number of thiophene rings is 1. The van der Waals surface area contributed by atoms with Crippen molar-refractivity contribution in [1.29, 1.82) is 0 Å². The highest BCUT2D eigenvalue weighted by atomic mass is 32.1. The van der Waals surface area contributed by atoms with Crippen molar-refractivity contribution in [1.82, 2.24) is 24.1 Å². The van der Waals surface area contributed by atoms with E-state index in [1.54, 1.807) is 33.9 Å². The summed E-state index contributed by atoms with van der Waals surface area (Å²) < 4.78 is 28.2. The zero-order valence-corrected chi connectivity index (χ0v) is 25.2. The number of carbonyl (C=O) groups is 1. The van der Waals surface area contributed by atoms with Gasteiger partial charge in [-0.05, 0) is 56.9 Å². The highest BCUT2D eigenvalue weighted by molar-refractivity contribution is 7.21. The Kier molecular flexibility index (Phi) is 9.05. The SMILES string of the molecule is COCCO[C@@H](Cn1c(=O)n(C(C)(C)C(=O)CC(C)C)c(=O)c2c(C)c(-n3nccn3)sc21)c1cc(F)ccc1C. The maximum Gasteiger partial charge on any atom is 0.333 e. The van der Waals surface area contributed by atoms with Crippen LogP contribution in [0.4, 0.5) is 4.39 Å². The van der Waals surface area contributed by atoms with Crippen LogP contribution in [0.1, 0.15) is 56.9 Å². The van der Waals surface area contributed by atoms with Crippen LogP contribution in [-0.4, -0.2) is 50.2 Å². The lowest BCUT2D eigenvalue weighted by Gasteiger charge is -2.28. The van der Waals surface area contributed by atoms with Gasteiger partial charge >= 0.3 is 5.69 Å². The van der Waals surface area contributed by atoms with Crippen molar-refractivity contribution < 1.29 is 18.7 Å². The number of ether oxygens (including phenoxy) is 2. The average Bonchev–Trinajstić information content (AvgIpc) is 3.55. The van der Waals surface area contributed by atoms with E-state index in [9.17, 15) is 18.8 Å². The van der Waals surface area contributed by atoms with Gasteiger partial charge in [-0.2, -0.15) is 10.2 Å². The first-order valence-electron chi connectivity index (χ1n) is 13.4. The van der Waals surface area contributed by atoms with Gasteiger partial charge in [0.2, 0.25) is 0 Å². The molecule has 41 heavy (non-hydrogen) atoms. The number of aromatic nitrogens is 5. The van der Waals surface area contributed by atoms with E-state index in [0.29, 0.717) is 33.0 Å². The minimum absolute atomic E-state index is 0.0377. The van der Waals surface area contributed by atoms with Crippen LogP contribution in [0, 0.1) is 25.6 Å². The molecule has 1 atom stereocenters. The molecule has 4 aromatic rings. The van der Waals surface area contributed by atoms with Gasteiger partial charge in [-0.3, -0.25) is 14.2 Å². The smallest absolute Gasteiger partial charge is 0.333 e. The first kappa shape index (κ1) is 30.5. The molecule has 0 unspecified atom stereocenters. The van der Waals surface area contributed by atoms with Gasteiger partial charge in [-0.15, -0.1) is 4.80 Å². The fraction of sp³-hybridized carbons (Fsp3) is 0.483. The number of fused-ring (bicyclic) bond motifs is 1. The van der Waals surface area contributed by atoms with Gasteiger partial charge in [-0.25, -0.2) is 13.8 Å². The maximum absolute atomic E-state index is 14.4. The lowest BCUT2D eigenvalue weighted by Crippen LogP contribution is -2.53. The topological polar surface area (TPSA) is 110 Å². The number of ketones is 1. The van der Waals surface area contributed by atoms with Gasteiger partial charge in [0, 0.05) is 19.1 Å². The molecule has 1 aromatic carbocycles. The molecule has 0 bridgehead atoms. The van der Waals surface area contributed by atoms with Crippen molar-refractivity contribution >= 4 is 27.3 Å². The molecule has 220 valence electrons. The standard InChI is InChI=1S/C29H36FN5O5S/c1-17(2)14-23(36)29(5,6)34-25(37)24-19(4)26(35-31-10-11-32-35)41-27(24)33(28(34)38)16-22(40-13-12-39-7)21-15-20(30)9-8-18(21)3/h8-11,15,17,22H,12-14,16H2,1-7H3/t22-/m0/s1. The van der Waals surface area contributed by atoms with Gasteiger partial charge in [0.05, 0.1) is 37.5 Å². The van der Waals surface area contributed by atoms with Crippen LogP contribution in [0.3, 0.4) is 0 Å². The summed E-state index contributed by atoms with van der Waals surface area (Å²) >= 11 is 1.20. The first-order chi connectivity index (χ1) is 19.4. The molecule has 0 spiro atoms. The Bertz CT molecular complexity index is 1670. The molecule has 4 rings (SSSR count). The molecule has 3 heterocycles. The Labute approximate surface area is 241 Å². The lowest BCUT2D eigenvalue weighted by molar-refractivity contribution is -0.127. The number of carbonyl (C=O) groups excluding carboxylic acids is 1. The highest BCUT2D eigenvalue weighted by Gasteiger charge is 2.36. The Morgan fingerprint density at radius 3 is 2.44 bits per heavy atom. The number of rotatable bonds is 12. The molecular formula is C29H36FN5O5S. The van der Waals surface area contributed by atoms with E-state index in [4.69, 9.17) is 9.47 Å². The lowest BCUT2D eigenvalue weighted by atomic mass is 9.91. The van der Waals surface area contributed by atoms with Crippen molar-refractivity contribution in [2.75, 3.05) is 20.3 Å². The van der Waals surface area contributed by atoms with Gasteiger partial charge in [0.25, 0.3) is 5.56 Å². The summed E-state index contributed by atoms with van der Waals surface area (Å²) in [5.41, 5.74) is -0.707. The third-order valence-electron chi connectivity index (χ3n) is 7.17. The molecule has 12 heteroatoms. The average molecular weight is 586 g/mol. The quantitative estimate of drug-likeness (QED) is 0.228. The molecule has 0 aliphatic carbocycles. The molecular weight excluding hydrogens is 549 g/mol. The van der Waals surface area contributed by atoms with Crippen molar-refractivity contribution in [3.05, 3.63) is 73.9 Å². The van der Waals surface area contributed by atoms with Gasteiger partial charge in [-0.1, -0.05) is 31.3 Å². The number of hydrogen-bond donors (Lipinski definition) is 0. The van der Waals surface area contributed by atoms with E-state index in [1.165, 1.54) is 45.2 Å². The molecule has 0 fully saturated rings. The second-order valence-electron chi connectivity index (χ2n) is 11.0. The van der Waals surface area contributed by atoms with Crippen molar-refractivity contribution in [3.8, 4) is 5.00 Å². The van der Waals surface area contributed by atoms with Crippen molar-refractivity contribution in [2.24, 2.45) is 5.92 Å². The van der Waals surface area contributed by atoms with E-state index in [-0.39, 0.29) is 31.3 Å². The molecule has 10 nitrogen and oxygen atoms in total. The summed E-state index contributed by atoms with van der Waals surface area (Å²) in [7, 11) is 1.55. The third-order valence-corrected chi connectivity index (χ3v) is 8.45. The molecule has 0 aliphatic heterocycles. The Morgan fingerprint density at radius 1 is 1.12 bits per heavy atom. The van der Waals surface area contributed by atoms with Gasteiger partial charge in [0.15, 0.2) is 5.78 Å². The predicted molar refractivity (Wildman–Crippen MR) is 155 cm³/mol. The zero-order valence-electron chi connectivity index (χ0n) is 24.4. The van der Waals surface area contributed by atoms with E-state index >= 15 is 0 Å². The normalized spacial score (nSPS) is 12.9. The second-order valence-corrected chi connectivity index (χ2v) is 12.0. The molecule has 0 amide bonds.